The van der Waals surface area contributed by atoms with E-state index in [-0.39, 0.29) is 0 Å². The van der Waals surface area contributed by atoms with Crippen LogP contribution in [0.25, 0.3) is 0 Å². The van der Waals surface area contributed by atoms with E-state index in [2.05, 4.69) is 5.10 Å². The van der Waals surface area contributed by atoms with Crippen LogP contribution >= 0.6 is 0 Å². The van der Waals surface area contributed by atoms with Crippen molar-refractivity contribution in [3.63, 3.8) is 0 Å². The molecule has 1 heterocycles. The molecular weight excluding hydrogens is 220 g/mol. The van der Waals surface area contributed by atoms with Gasteiger partial charge in [-0.1, -0.05) is 6.07 Å². The Labute approximate surface area is 97.8 Å². The van der Waals surface area contributed by atoms with E-state index in [1.54, 1.807) is 36.1 Å². The van der Waals surface area contributed by atoms with E-state index >= 15 is 0 Å². The molecule has 1 aromatic heterocycles. The van der Waals surface area contributed by atoms with Crippen LogP contribution in [0.4, 0.5) is 5.69 Å². The van der Waals surface area contributed by atoms with E-state index < -0.39 is 5.91 Å². The first-order chi connectivity index (χ1) is 8.06. The summed E-state index contributed by atoms with van der Waals surface area (Å²) in [5, 5.41) is 4.03. The van der Waals surface area contributed by atoms with Gasteiger partial charge in [0.15, 0.2) is 0 Å². The number of carbonyl (C=O) groups is 1. The quantitative estimate of drug-likeness (QED) is 0.821. The normalized spacial score (nSPS) is 10.2. The molecule has 0 aliphatic rings. The molecule has 0 bridgehead atoms. The van der Waals surface area contributed by atoms with E-state index in [9.17, 15) is 4.79 Å². The Morgan fingerprint density at radius 1 is 1.47 bits per heavy atom. The Morgan fingerprint density at radius 2 is 2.24 bits per heavy atom. The van der Waals surface area contributed by atoms with Crippen molar-refractivity contribution in [3.8, 4) is 11.6 Å². The summed E-state index contributed by atoms with van der Waals surface area (Å²) in [6.07, 6.45) is 1.63. The molecule has 2 rings (SSSR count). The lowest BCUT2D eigenvalue weighted by Gasteiger charge is -2.04. The fourth-order valence-electron chi connectivity index (χ4n) is 1.39. The number of benzene rings is 1. The maximum Gasteiger partial charge on any atom is 0.261 e. The standard InChI is InChI=1S/C11H12N4O2/c1-15-6-9(12)11(14-15)17-8-4-2-3-7(5-8)10(13)16/h2-6H,12H2,1H3,(H2,13,16). The molecule has 0 saturated heterocycles. The molecule has 1 amide bonds. The third-order valence-electron chi connectivity index (χ3n) is 2.15. The average molecular weight is 232 g/mol. The second kappa shape index (κ2) is 4.17. The van der Waals surface area contributed by atoms with Crippen LogP contribution in [0.2, 0.25) is 0 Å². The number of hydrogen-bond donors (Lipinski definition) is 2. The zero-order valence-corrected chi connectivity index (χ0v) is 9.25. The number of anilines is 1. The molecule has 4 N–H and O–H groups in total. The number of nitrogen functional groups attached to an aromatic ring is 1. The Morgan fingerprint density at radius 3 is 2.82 bits per heavy atom. The van der Waals surface area contributed by atoms with Gasteiger partial charge in [0.1, 0.15) is 11.4 Å². The van der Waals surface area contributed by atoms with Crippen LogP contribution in [0.15, 0.2) is 30.5 Å². The predicted molar refractivity (Wildman–Crippen MR) is 62.7 cm³/mol. The molecule has 0 saturated carbocycles. The zero-order chi connectivity index (χ0) is 12.4. The monoisotopic (exact) mass is 232 g/mol. The van der Waals surface area contributed by atoms with Gasteiger partial charge < -0.3 is 16.2 Å². The molecule has 6 heteroatoms. The summed E-state index contributed by atoms with van der Waals surface area (Å²) >= 11 is 0. The first-order valence-corrected chi connectivity index (χ1v) is 4.93. The van der Waals surface area contributed by atoms with Crippen molar-refractivity contribution in [2.24, 2.45) is 12.8 Å². The molecule has 6 nitrogen and oxygen atoms in total. The highest BCUT2D eigenvalue weighted by molar-refractivity contribution is 5.93. The van der Waals surface area contributed by atoms with Crippen LogP contribution in [0.5, 0.6) is 11.6 Å². The van der Waals surface area contributed by atoms with Crippen LogP contribution in [0.1, 0.15) is 10.4 Å². The molecule has 0 spiro atoms. The molecule has 17 heavy (non-hydrogen) atoms. The summed E-state index contributed by atoms with van der Waals surface area (Å²) in [7, 11) is 1.74. The third kappa shape index (κ3) is 2.36. The number of aryl methyl sites for hydroxylation is 1. The van der Waals surface area contributed by atoms with E-state index in [4.69, 9.17) is 16.2 Å². The van der Waals surface area contributed by atoms with Crippen molar-refractivity contribution < 1.29 is 9.53 Å². The van der Waals surface area contributed by atoms with Crippen LogP contribution in [-0.2, 0) is 7.05 Å². The van der Waals surface area contributed by atoms with Crippen molar-refractivity contribution >= 4 is 11.6 Å². The van der Waals surface area contributed by atoms with E-state index in [1.165, 1.54) is 6.07 Å². The Balaban J connectivity index is 2.27. The van der Waals surface area contributed by atoms with Gasteiger partial charge in [-0.25, -0.2) is 0 Å². The number of amides is 1. The minimum absolute atomic E-state index is 0.300. The minimum Gasteiger partial charge on any atom is -0.436 e. The van der Waals surface area contributed by atoms with Gasteiger partial charge in [0, 0.05) is 12.6 Å². The summed E-state index contributed by atoms with van der Waals surface area (Å²) in [6, 6.07) is 6.52. The Hall–Kier alpha value is -2.50. The van der Waals surface area contributed by atoms with E-state index in [0.717, 1.165) is 0 Å². The molecule has 0 unspecified atom stereocenters. The van der Waals surface area contributed by atoms with Gasteiger partial charge in [0.25, 0.3) is 5.88 Å². The molecule has 88 valence electrons. The van der Waals surface area contributed by atoms with Crippen LogP contribution in [0, 0.1) is 0 Å². The zero-order valence-electron chi connectivity index (χ0n) is 9.25. The number of nitrogens with two attached hydrogens (primary N) is 2. The van der Waals surface area contributed by atoms with Crippen LogP contribution in [0.3, 0.4) is 0 Å². The first-order valence-electron chi connectivity index (χ1n) is 4.93. The van der Waals surface area contributed by atoms with Crippen molar-refractivity contribution in [1.82, 2.24) is 9.78 Å². The van der Waals surface area contributed by atoms with Crippen LogP contribution < -0.4 is 16.2 Å². The lowest BCUT2D eigenvalue weighted by molar-refractivity contribution is 0.1000. The maximum absolute atomic E-state index is 11.0. The van der Waals surface area contributed by atoms with Gasteiger partial charge in [-0.15, -0.1) is 5.10 Å². The third-order valence-corrected chi connectivity index (χ3v) is 2.15. The van der Waals surface area contributed by atoms with Crippen molar-refractivity contribution in [1.29, 1.82) is 0 Å². The first kappa shape index (κ1) is 11.0. The number of ether oxygens (including phenoxy) is 1. The fraction of sp³-hybridized carbons (Fsp3) is 0.0909. The highest BCUT2D eigenvalue weighted by atomic mass is 16.5. The number of carbonyl (C=O) groups excluding carboxylic acids is 1. The number of primary amides is 1. The molecule has 0 fully saturated rings. The second-order valence-electron chi connectivity index (χ2n) is 3.56. The van der Waals surface area contributed by atoms with Crippen molar-refractivity contribution in [2.75, 3.05) is 5.73 Å². The predicted octanol–water partition coefficient (Wildman–Crippen LogP) is 0.893. The molecule has 1 aromatic carbocycles. The fourth-order valence-corrected chi connectivity index (χ4v) is 1.39. The molecule has 0 aliphatic heterocycles. The summed E-state index contributed by atoms with van der Waals surface area (Å²) < 4.78 is 7.00. The van der Waals surface area contributed by atoms with Crippen LogP contribution in [-0.4, -0.2) is 15.7 Å². The molecule has 0 atom stereocenters. The molecule has 0 radical (unpaired) electrons. The minimum atomic E-state index is -0.510. The Bertz CT molecular complexity index is 562. The Kier molecular flexibility index (Phi) is 2.70. The lowest BCUT2D eigenvalue weighted by atomic mass is 10.2. The molecule has 2 aromatic rings. The summed E-state index contributed by atoms with van der Waals surface area (Å²) in [5.74, 6) is 0.255. The van der Waals surface area contributed by atoms with Gasteiger partial charge in [-0.2, -0.15) is 0 Å². The highest BCUT2D eigenvalue weighted by Gasteiger charge is 2.08. The summed E-state index contributed by atoms with van der Waals surface area (Å²) in [6.45, 7) is 0. The van der Waals surface area contributed by atoms with Gasteiger partial charge >= 0.3 is 0 Å². The SMILES string of the molecule is Cn1cc(N)c(Oc2cccc(C(N)=O)c2)n1. The molecular formula is C11H12N4O2. The van der Waals surface area contributed by atoms with Crippen molar-refractivity contribution in [2.45, 2.75) is 0 Å². The van der Waals surface area contributed by atoms with Gasteiger partial charge in [-0.05, 0) is 18.2 Å². The number of hydrogen-bond acceptors (Lipinski definition) is 4. The smallest absolute Gasteiger partial charge is 0.261 e. The average Bonchev–Trinajstić information content (AvgIpc) is 2.58. The number of nitrogens with zero attached hydrogens (tertiary/aromatic N) is 2. The van der Waals surface area contributed by atoms with Gasteiger partial charge in [-0.3, -0.25) is 9.48 Å². The van der Waals surface area contributed by atoms with Gasteiger partial charge in [0.2, 0.25) is 5.91 Å². The molecule has 0 aliphatic carbocycles. The maximum atomic E-state index is 11.0. The second-order valence-corrected chi connectivity index (χ2v) is 3.56. The summed E-state index contributed by atoms with van der Waals surface area (Å²) in [5.41, 5.74) is 11.7. The largest absolute Gasteiger partial charge is 0.436 e. The van der Waals surface area contributed by atoms with Crippen molar-refractivity contribution in [3.05, 3.63) is 36.0 Å². The topological polar surface area (TPSA) is 96.2 Å². The summed E-state index contributed by atoms with van der Waals surface area (Å²) in [4.78, 5) is 11.0. The van der Waals surface area contributed by atoms with E-state index in [0.29, 0.717) is 22.9 Å². The highest BCUT2D eigenvalue weighted by Crippen LogP contribution is 2.25. The lowest BCUT2D eigenvalue weighted by Crippen LogP contribution is -2.10. The number of aromatic nitrogens is 2. The van der Waals surface area contributed by atoms with E-state index in [1.807, 2.05) is 0 Å². The number of rotatable bonds is 3. The van der Waals surface area contributed by atoms with Gasteiger partial charge in [0.05, 0.1) is 6.20 Å².